The van der Waals surface area contributed by atoms with Gasteiger partial charge in [0.15, 0.2) is 0 Å². The van der Waals surface area contributed by atoms with E-state index < -0.39 is 5.97 Å². The molecule has 1 aromatic carbocycles. The number of carboxylic acids is 1. The average Bonchev–Trinajstić information content (AvgIpc) is 2.91. The first-order chi connectivity index (χ1) is 9.56. The van der Waals surface area contributed by atoms with E-state index in [1.54, 1.807) is 25.3 Å². The lowest BCUT2D eigenvalue weighted by molar-refractivity contribution is -0.116. The average molecular weight is 273 g/mol. The quantitative estimate of drug-likeness (QED) is 0.877. The van der Waals surface area contributed by atoms with Gasteiger partial charge >= 0.3 is 5.97 Å². The Morgan fingerprint density at radius 2 is 2.10 bits per heavy atom. The summed E-state index contributed by atoms with van der Waals surface area (Å²) in [5, 5.41) is 11.6. The van der Waals surface area contributed by atoms with Crippen molar-refractivity contribution in [2.24, 2.45) is 0 Å². The lowest BCUT2D eigenvalue weighted by atomic mass is 10.1. The molecule has 2 N–H and O–H groups in total. The molecule has 0 bridgehead atoms. The molecule has 1 aromatic heterocycles. The maximum atomic E-state index is 11.8. The Morgan fingerprint density at radius 1 is 1.30 bits per heavy atom. The first kappa shape index (κ1) is 13.9. The molecule has 0 radical (unpaired) electrons. The number of hydrogen-bond donors (Lipinski definition) is 2. The minimum Gasteiger partial charge on any atom is -0.478 e. The Hall–Kier alpha value is -2.56. The van der Waals surface area contributed by atoms with Gasteiger partial charge in [0, 0.05) is 18.5 Å². The van der Waals surface area contributed by atoms with Gasteiger partial charge in [-0.15, -0.1) is 0 Å². The Labute approximate surface area is 116 Å². The third kappa shape index (κ3) is 3.47. The van der Waals surface area contributed by atoms with Crippen LogP contribution in [-0.2, 0) is 11.2 Å². The van der Waals surface area contributed by atoms with Crippen molar-refractivity contribution in [3.63, 3.8) is 0 Å². The van der Waals surface area contributed by atoms with E-state index in [0.717, 1.165) is 11.3 Å². The van der Waals surface area contributed by atoms with Gasteiger partial charge in [0.2, 0.25) is 5.91 Å². The molecular formula is C15H15NO4. The summed E-state index contributed by atoms with van der Waals surface area (Å²) in [5.74, 6) is -0.352. The second-order valence-electron chi connectivity index (χ2n) is 4.46. The molecule has 0 spiro atoms. The van der Waals surface area contributed by atoms with E-state index >= 15 is 0 Å². The highest BCUT2D eigenvalue weighted by molar-refractivity contribution is 5.93. The van der Waals surface area contributed by atoms with Crippen molar-refractivity contribution in [1.82, 2.24) is 0 Å². The fourth-order valence-corrected chi connectivity index (χ4v) is 1.84. The van der Waals surface area contributed by atoms with Gasteiger partial charge in [-0.05, 0) is 42.8 Å². The fraction of sp³-hybridized carbons (Fsp3) is 0.200. The monoisotopic (exact) mass is 273 g/mol. The zero-order chi connectivity index (χ0) is 14.5. The van der Waals surface area contributed by atoms with Crippen molar-refractivity contribution in [3.8, 4) is 0 Å². The number of rotatable bonds is 5. The molecule has 20 heavy (non-hydrogen) atoms. The number of anilines is 1. The predicted molar refractivity (Wildman–Crippen MR) is 73.8 cm³/mol. The number of carboxylic acid groups (broad SMARTS) is 1. The third-order valence-electron chi connectivity index (χ3n) is 2.93. The summed E-state index contributed by atoms with van der Waals surface area (Å²) in [6.45, 7) is 1.76. The number of furan rings is 1. The Morgan fingerprint density at radius 3 is 2.70 bits per heavy atom. The van der Waals surface area contributed by atoms with Crippen molar-refractivity contribution in [1.29, 1.82) is 0 Å². The topological polar surface area (TPSA) is 79.5 Å². The molecule has 5 heteroatoms. The molecule has 2 rings (SSSR count). The molecule has 0 aliphatic rings. The number of amides is 1. The summed E-state index contributed by atoms with van der Waals surface area (Å²) in [4.78, 5) is 22.6. The SMILES string of the molecule is Cc1cc(C(=O)O)ccc1NC(=O)CCc1ccco1. The normalized spacial score (nSPS) is 10.2. The Kier molecular flexibility index (Phi) is 4.20. The number of carbonyl (C=O) groups is 2. The number of benzene rings is 1. The molecule has 104 valence electrons. The molecule has 1 amide bonds. The molecule has 0 aliphatic heterocycles. The molecule has 0 saturated heterocycles. The zero-order valence-corrected chi connectivity index (χ0v) is 11.1. The van der Waals surface area contributed by atoms with E-state index in [-0.39, 0.29) is 11.5 Å². The van der Waals surface area contributed by atoms with Crippen LogP contribution in [0, 0.1) is 6.92 Å². The van der Waals surface area contributed by atoms with Gasteiger partial charge in [-0.3, -0.25) is 4.79 Å². The number of hydrogen-bond acceptors (Lipinski definition) is 3. The number of aryl methyl sites for hydroxylation is 2. The van der Waals surface area contributed by atoms with Crippen LogP contribution >= 0.6 is 0 Å². The first-order valence-electron chi connectivity index (χ1n) is 6.22. The first-order valence-corrected chi connectivity index (χ1v) is 6.22. The van der Waals surface area contributed by atoms with Crippen LogP contribution in [0.1, 0.15) is 28.1 Å². The van der Waals surface area contributed by atoms with Gasteiger partial charge in [-0.25, -0.2) is 4.79 Å². The van der Waals surface area contributed by atoms with Crippen molar-refractivity contribution in [3.05, 3.63) is 53.5 Å². The van der Waals surface area contributed by atoms with Crippen LogP contribution in [0.4, 0.5) is 5.69 Å². The van der Waals surface area contributed by atoms with Gasteiger partial charge in [0.25, 0.3) is 0 Å². The Balaban J connectivity index is 1.95. The van der Waals surface area contributed by atoms with E-state index in [4.69, 9.17) is 9.52 Å². The van der Waals surface area contributed by atoms with Crippen molar-refractivity contribution < 1.29 is 19.1 Å². The molecule has 1 heterocycles. The molecule has 0 aliphatic carbocycles. The van der Waals surface area contributed by atoms with Crippen LogP contribution in [0.2, 0.25) is 0 Å². The Bertz CT molecular complexity index is 617. The summed E-state index contributed by atoms with van der Waals surface area (Å²) < 4.78 is 5.15. The van der Waals surface area contributed by atoms with Crippen LogP contribution < -0.4 is 5.32 Å². The largest absolute Gasteiger partial charge is 0.478 e. The van der Waals surface area contributed by atoms with E-state index in [9.17, 15) is 9.59 Å². The van der Waals surface area contributed by atoms with Gasteiger partial charge in [-0.1, -0.05) is 0 Å². The molecule has 0 fully saturated rings. The highest BCUT2D eigenvalue weighted by atomic mass is 16.4. The molecule has 0 saturated carbocycles. The summed E-state index contributed by atoms with van der Waals surface area (Å²) in [6, 6.07) is 8.20. The van der Waals surface area contributed by atoms with Gasteiger partial charge in [0.1, 0.15) is 5.76 Å². The van der Waals surface area contributed by atoms with Crippen LogP contribution in [0.15, 0.2) is 41.0 Å². The fourth-order valence-electron chi connectivity index (χ4n) is 1.84. The molecule has 0 unspecified atom stereocenters. The maximum absolute atomic E-state index is 11.8. The highest BCUT2D eigenvalue weighted by Gasteiger charge is 2.09. The van der Waals surface area contributed by atoms with Crippen molar-refractivity contribution in [2.75, 3.05) is 5.32 Å². The lowest BCUT2D eigenvalue weighted by Crippen LogP contribution is -2.13. The van der Waals surface area contributed by atoms with Gasteiger partial charge in [0.05, 0.1) is 11.8 Å². The highest BCUT2D eigenvalue weighted by Crippen LogP contribution is 2.17. The van der Waals surface area contributed by atoms with Crippen LogP contribution in [0.25, 0.3) is 0 Å². The van der Waals surface area contributed by atoms with Gasteiger partial charge < -0.3 is 14.8 Å². The second-order valence-corrected chi connectivity index (χ2v) is 4.46. The smallest absolute Gasteiger partial charge is 0.335 e. The van der Waals surface area contributed by atoms with E-state index in [1.165, 1.54) is 12.1 Å². The lowest BCUT2D eigenvalue weighted by Gasteiger charge is -2.08. The number of aromatic carboxylic acids is 1. The predicted octanol–water partition coefficient (Wildman–Crippen LogP) is 2.86. The number of carbonyl (C=O) groups excluding carboxylic acids is 1. The second kappa shape index (κ2) is 6.06. The molecule has 5 nitrogen and oxygen atoms in total. The molecule has 2 aromatic rings. The minimum atomic E-state index is -0.983. The van der Waals surface area contributed by atoms with E-state index in [0.29, 0.717) is 18.5 Å². The summed E-state index contributed by atoms with van der Waals surface area (Å²) >= 11 is 0. The van der Waals surface area contributed by atoms with Crippen LogP contribution in [-0.4, -0.2) is 17.0 Å². The van der Waals surface area contributed by atoms with E-state index in [2.05, 4.69) is 5.32 Å². The van der Waals surface area contributed by atoms with Crippen molar-refractivity contribution in [2.45, 2.75) is 19.8 Å². The van der Waals surface area contributed by atoms with Crippen LogP contribution in [0.3, 0.4) is 0 Å². The number of nitrogens with one attached hydrogen (secondary N) is 1. The van der Waals surface area contributed by atoms with E-state index in [1.807, 2.05) is 6.07 Å². The summed E-state index contributed by atoms with van der Waals surface area (Å²) in [7, 11) is 0. The maximum Gasteiger partial charge on any atom is 0.335 e. The standard InChI is InChI=1S/C15H15NO4/c1-10-9-11(15(18)19)4-6-13(10)16-14(17)7-5-12-3-2-8-20-12/h2-4,6,8-9H,5,7H2,1H3,(H,16,17)(H,18,19). The molecular weight excluding hydrogens is 258 g/mol. The molecule has 0 atom stereocenters. The third-order valence-corrected chi connectivity index (χ3v) is 2.93. The van der Waals surface area contributed by atoms with Crippen molar-refractivity contribution >= 4 is 17.6 Å². The zero-order valence-electron chi connectivity index (χ0n) is 11.1. The van der Waals surface area contributed by atoms with Crippen LogP contribution in [0.5, 0.6) is 0 Å². The minimum absolute atomic E-state index is 0.132. The summed E-state index contributed by atoms with van der Waals surface area (Å²) in [5.41, 5.74) is 1.55. The van der Waals surface area contributed by atoms with Gasteiger partial charge in [-0.2, -0.15) is 0 Å². The summed E-state index contributed by atoms with van der Waals surface area (Å²) in [6.07, 6.45) is 2.42.